The van der Waals surface area contributed by atoms with E-state index in [1.807, 2.05) is 6.92 Å². The molecule has 0 aliphatic heterocycles. The van der Waals surface area contributed by atoms with Gasteiger partial charge in [0.2, 0.25) is 0 Å². The lowest BCUT2D eigenvalue weighted by atomic mass is 10.2. The zero-order chi connectivity index (χ0) is 15.7. The molecule has 0 fully saturated rings. The predicted octanol–water partition coefficient (Wildman–Crippen LogP) is 1.78. The van der Waals surface area contributed by atoms with Crippen LogP contribution in [0, 0.1) is 6.92 Å². The van der Waals surface area contributed by atoms with Crippen molar-refractivity contribution in [1.29, 1.82) is 0 Å². The third kappa shape index (κ3) is 2.46. The van der Waals surface area contributed by atoms with Crippen LogP contribution < -0.4 is 5.56 Å². The monoisotopic (exact) mass is 315 g/mol. The van der Waals surface area contributed by atoms with E-state index in [9.17, 15) is 13.2 Å². The smallest absolute Gasteiger partial charge is 0.280 e. The Morgan fingerprint density at radius 3 is 2.50 bits per heavy atom. The van der Waals surface area contributed by atoms with Crippen molar-refractivity contribution in [2.24, 2.45) is 0 Å². The fourth-order valence-corrected chi connectivity index (χ4v) is 3.24. The van der Waals surface area contributed by atoms with E-state index in [0.717, 1.165) is 5.56 Å². The van der Waals surface area contributed by atoms with Gasteiger partial charge in [0.15, 0.2) is 0 Å². The molecule has 7 heteroatoms. The molecule has 0 amide bonds. The molecule has 2 aromatic heterocycles. The molecule has 0 saturated carbocycles. The fraction of sp³-hybridized carbons (Fsp3) is 0.0667. The van der Waals surface area contributed by atoms with Gasteiger partial charge in [0.05, 0.1) is 10.6 Å². The van der Waals surface area contributed by atoms with E-state index in [-0.39, 0.29) is 4.90 Å². The summed E-state index contributed by atoms with van der Waals surface area (Å²) in [5.74, 6) is 0. The highest BCUT2D eigenvalue weighted by Crippen LogP contribution is 2.16. The van der Waals surface area contributed by atoms with Crippen molar-refractivity contribution in [2.45, 2.75) is 11.8 Å². The fourth-order valence-electron chi connectivity index (χ4n) is 2.04. The van der Waals surface area contributed by atoms with E-state index >= 15 is 0 Å². The van der Waals surface area contributed by atoms with Crippen LogP contribution in [0.1, 0.15) is 5.56 Å². The summed E-state index contributed by atoms with van der Waals surface area (Å²) in [6.07, 6.45) is 3.15. The second kappa shape index (κ2) is 5.27. The van der Waals surface area contributed by atoms with Gasteiger partial charge in [-0.05, 0) is 31.2 Å². The molecule has 6 nitrogen and oxygen atoms in total. The Kier molecular flexibility index (Phi) is 3.42. The van der Waals surface area contributed by atoms with Crippen LogP contribution in [0.25, 0.3) is 11.3 Å². The van der Waals surface area contributed by atoms with Crippen molar-refractivity contribution >= 4 is 10.0 Å². The quantitative estimate of drug-likeness (QED) is 0.798. The lowest BCUT2D eigenvalue weighted by Gasteiger charge is -2.05. The number of nitrogens with zero attached hydrogens (tertiary/aromatic N) is 2. The molecule has 22 heavy (non-hydrogen) atoms. The maximum absolute atomic E-state index is 12.5. The van der Waals surface area contributed by atoms with Crippen molar-refractivity contribution < 1.29 is 8.42 Å². The minimum atomic E-state index is -3.95. The average molecular weight is 315 g/mol. The summed E-state index contributed by atoms with van der Waals surface area (Å²) in [7, 11) is -3.95. The average Bonchev–Trinajstić information content (AvgIpc) is 2.91. The summed E-state index contributed by atoms with van der Waals surface area (Å²) < 4.78 is 25.7. The molecule has 3 rings (SSSR count). The predicted molar refractivity (Wildman–Crippen MR) is 82.0 cm³/mol. The van der Waals surface area contributed by atoms with Crippen LogP contribution in [-0.2, 0) is 10.0 Å². The minimum Gasteiger partial charge on any atom is -0.280 e. The first-order chi connectivity index (χ1) is 10.5. The van der Waals surface area contributed by atoms with Gasteiger partial charge < -0.3 is 0 Å². The molecule has 2 heterocycles. The number of H-pyrrole nitrogens is 1. The SMILES string of the molecule is Cc1ccc(S(=O)(=O)n2[nH]c(-c3cccnc3)cc2=O)cc1. The van der Waals surface area contributed by atoms with E-state index in [4.69, 9.17) is 0 Å². The number of aromatic nitrogens is 3. The first kappa shape index (κ1) is 14.3. The van der Waals surface area contributed by atoms with Crippen molar-refractivity contribution in [2.75, 3.05) is 0 Å². The molecule has 0 bridgehead atoms. The lowest BCUT2D eigenvalue weighted by Crippen LogP contribution is -2.25. The second-order valence-corrected chi connectivity index (χ2v) is 6.62. The topological polar surface area (TPSA) is 84.8 Å². The molecule has 0 radical (unpaired) electrons. The maximum atomic E-state index is 12.5. The van der Waals surface area contributed by atoms with E-state index < -0.39 is 15.6 Å². The number of pyridine rings is 1. The van der Waals surface area contributed by atoms with Crippen LogP contribution in [0.15, 0.2) is 64.5 Å². The molecule has 3 aromatic rings. The Labute approximate surface area is 127 Å². The largest absolute Gasteiger partial charge is 0.284 e. The van der Waals surface area contributed by atoms with E-state index in [1.165, 1.54) is 18.2 Å². The first-order valence-corrected chi connectivity index (χ1v) is 7.97. The molecule has 0 aliphatic carbocycles. The first-order valence-electron chi connectivity index (χ1n) is 6.53. The Morgan fingerprint density at radius 2 is 1.86 bits per heavy atom. The summed E-state index contributed by atoms with van der Waals surface area (Å²) in [6.45, 7) is 1.86. The van der Waals surface area contributed by atoms with E-state index in [1.54, 1.807) is 36.7 Å². The molecule has 0 saturated heterocycles. The van der Waals surface area contributed by atoms with E-state index in [0.29, 0.717) is 15.3 Å². The molecule has 112 valence electrons. The Balaban J connectivity index is 2.11. The molecule has 0 aliphatic rings. The standard InChI is InChI=1S/C15H13N3O3S/c1-11-4-6-13(7-5-11)22(20,21)18-15(19)9-14(17-18)12-3-2-8-16-10-12/h2-10,17H,1H3. The van der Waals surface area contributed by atoms with Gasteiger partial charge in [-0.3, -0.25) is 14.9 Å². The maximum Gasteiger partial charge on any atom is 0.284 e. The van der Waals surface area contributed by atoms with Crippen LogP contribution in [0.3, 0.4) is 0 Å². The third-order valence-electron chi connectivity index (χ3n) is 3.22. The summed E-state index contributed by atoms with van der Waals surface area (Å²) in [6, 6.07) is 11.0. The number of aryl methyl sites for hydroxylation is 1. The van der Waals surface area contributed by atoms with Gasteiger partial charge in [-0.2, -0.15) is 8.42 Å². The lowest BCUT2D eigenvalue weighted by molar-refractivity contribution is 0.578. The normalized spacial score (nSPS) is 11.5. The van der Waals surface area contributed by atoms with Gasteiger partial charge in [0, 0.05) is 24.0 Å². The molecule has 1 N–H and O–H groups in total. The van der Waals surface area contributed by atoms with Crippen LogP contribution >= 0.6 is 0 Å². The number of hydrogen-bond acceptors (Lipinski definition) is 4. The summed E-state index contributed by atoms with van der Waals surface area (Å²) >= 11 is 0. The molecule has 0 unspecified atom stereocenters. The molecular formula is C15H13N3O3S. The second-order valence-electron chi connectivity index (χ2n) is 4.83. The van der Waals surface area contributed by atoms with Gasteiger partial charge in [0.25, 0.3) is 15.6 Å². The Hall–Kier alpha value is -2.67. The summed E-state index contributed by atoms with van der Waals surface area (Å²) in [5, 5.41) is 2.63. The van der Waals surface area contributed by atoms with Crippen LogP contribution in [0.2, 0.25) is 0 Å². The van der Waals surface area contributed by atoms with Crippen LogP contribution in [-0.4, -0.2) is 22.6 Å². The van der Waals surface area contributed by atoms with E-state index in [2.05, 4.69) is 10.1 Å². The van der Waals surface area contributed by atoms with Gasteiger partial charge in [-0.25, -0.2) is 0 Å². The third-order valence-corrected chi connectivity index (χ3v) is 4.84. The van der Waals surface area contributed by atoms with Crippen LogP contribution in [0.4, 0.5) is 0 Å². The Bertz CT molecular complexity index is 955. The summed E-state index contributed by atoms with van der Waals surface area (Å²) in [4.78, 5) is 16.0. The highest BCUT2D eigenvalue weighted by Gasteiger charge is 2.20. The zero-order valence-corrected chi connectivity index (χ0v) is 12.5. The summed E-state index contributed by atoms with van der Waals surface area (Å²) in [5.41, 5.74) is 1.33. The van der Waals surface area contributed by atoms with Crippen molar-refractivity contribution in [3.63, 3.8) is 0 Å². The highest BCUT2D eigenvalue weighted by atomic mass is 32.2. The molecule has 1 aromatic carbocycles. The van der Waals surface area contributed by atoms with Crippen molar-refractivity contribution in [1.82, 2.24) is 14.2 Å². The number of aromatic amines is 1. The highest BCUT2D eigenvalue weighted by molar-refractivity contribution is 7.89. The molecule has 0 spiro atoms. The molecule has 0 atom stereocenters. The molecular weight excluding hydrogens is 302 g/mol. The van der Waals surface area contributed by atoms with Gasteiger partial charge in [-0.15, -0.1) is 4.09 Å². The van der Waals surface area contributed by atoms with Crippen molar-refractivity contribution in [3.8, 4) is 11.3 Å². The van der Waals surface area contributed by atoms with Crippen molar-refractivity contribution in [3.05, 3.63) is 70.8 Å². The number of rotatable bonds is 3. The van der Waals surface area contributed by atoms with Gasteiger partial charge in [0.1, 0.15) is 0 Å². The number of hydrogen-bond donors (Lipinski definition) is 1. The number of benzene rings is 1. The van der Waals surface area contributed by atoms with Gasteiger partial charge in [-0.1, -0.05) is 17.7 Å². The minimum absolute atomic E-state index is 0.0554. The Morgan fingerprint density at radius 1 is 1.14 bits per heavy atom. The van der Waals surface area contributed by atoms with Gasteiger partial charge >= 0.3 is 0 Å². The number of nitrogens with one attached hydrogen (secondary N) is 1. The van der Waals surface area contributed by atoms with Crippen LogP contribution in [0.5, 0.6) is 0 Å². The zero-order valence-electron chi connectivity index (χ0n) is 11.7.